The van der Waals surface area contributed by atoms with Gasteiger partial charge in [0, 0.05) is 32.7 Å². The monoisotopic (exact) mass is 351 g/mol. The van der Waals surface area contributed by atoms with Crippen LogP contribution in [-0.2, 0) is 10.2 Å². The summed E-state index contributed by atoms with van der Waals surface area (Å²) in [6.45, 7) is 5.11. The first-order valence-electron chi connectivity index (χ1n) is 7.05. The molecule has 1 aliphatic heterocycles. The Morgan fingerprint density at radius 2 is 2.09 bits per heavy atom. The first-order valence-corrected chi connectivity index (χ1v) is 8.44. The Balaban J connectivity index is 0.00000242. The van der Waals surface area contributed by atoms with E-state index < -0.39 is 10.2 Å². The van der Waals surface area contributed by atoms with Crippen LogP contribution in [0.5, 0.6) is 0 Å². The summed E-state index contributed by atoms with van der Waals surface area (Å²) in [5.74, 6) is -0.354. The summed E-state index contributed by atoms with van der Waals surface area (Å²) in [7, 11) is -1.99. The fourth-order valence-electron chi connectivity index (χ4n) is 2.39. The quantitative estimate of drug-likeness (QED) is 0.899. The van der Waals surface area contributed by atoms with Gasteiger partial charge in [0.2, 0.25) is 0 Å². The highest BCUT2D eigenvalue weighted by atomic mass is 35.5. The first-order chi connectivity index (χ1) is 9.84. The Morgan fingerprint density at radius 1 is 1.41 bits per heavy atom. The van der Waals surface area contributed by atoms with Crippen LogP contribution in [-0.4, -0.2) is 49.8 Å². The second-order valence-electron chi connectivity index (χ2n) is 5.50. The van der Waals surface area contributed by atoms with Crippen molar-refractivity contribution in [3.63, 3.8) is 0 Å². The lowest BCUT2D eigenvalue weighted by molar-refractivity contribution is 0.245. The molecule has 1 aromatic rings. The molecule has 1 saturated heterocycles. The topological polar surface area (TPSA) is 52.7 Å². The van der Waals surface area contributed by atoms with Gasteiger partial charge in [-0.3, -0.25) is 0 Å². The minimum atomic E-state index is -3.57. The van der Waals surface area contributed by atoms with Crippen molar-refractivity contribution in [3.8, 4) is 0 Å². The van der Waals surface area contributed by atoms with Crippen LogP contribution in [0.15, 0.2) is 24.3 Å². The average Bonchev–Trinajstić information content (AvgIpc) is 2.46. The van der Waals surface area contributed by atoms with Gasteiger partial charge in [-0.2, -0.15) is 17.0 Å². The van der Waals surface area contributed by atoms with Crippen LogP contribution in [0, 0.1) is 5.82 Å². The Kier molecular flexibility index (Phi) is 6.76. The zero-order valence-corrected chi connectivity index (χ0v) is 14.6. The van der Waals surface area contributed by atoms with Crippen molar-refractivity contribution < 1.29 is 12.8 Å². The molecule has 22 heavy (non-hydrogen) atoms. The number of hydrogen-bond donors (Lipinski definition) is 1. The molecule has 1 heterocycles. The molecule has 1 atom stereocenters. The Bertz CT molecular complexity index is 598. The molecule has 1 fully saturated rings. The van der Waals surface area contributed by atoms with Gasteiger partial charge in [-0.05, 0) is 31.5 Å². The highest BCUT2D eigenvalue weighted by Crippen LogP contribution is 2.27. The fourth-order valence-corrected chi connectivity index (χ4v) is 4.10. The standard InChI is InChI=1S/C14H22FN3O2S.ClH/c1-11(2)17(3)21(19,20)18-8-7-16-10-14(18)12-5-4-6-13(15)9-12;/h4-6,9,11,14,16H,7-8,10H2,1-3H3;1H. The van der Waals surface area contributed by atoms with E-state index in [-0.39, 0.29) is 30.3 Å². The van der Waals surface area contributed by atoms with Crippen molar-refractivity contribution in [2.75, 3.05) is 26.7 Å². The van der Waals surface area contributed by atoms with Crippen molar-refractivity contribution >= 4 is 22.6 Å². The van der Waals surface area contributed by atoms with Gasteiger partial charge >= 0.3 is 0 Å². The number of benzene rings is 1. The van der Waals surface area contributed by atoms with Crippen molar-refractivity contribution in [1.82, 2.24) is 13.9 Å². The lowest BCUT2D eigenvalue weighted by atomic mass is 10.1. The van der Waals surface area contributed by atoms with E-state index >= 15 is 0 Å². The Labute approximate surface area is 138 Å². The zero-order chi connectivity index (χ0) is 15.6. The molecule has 5 nitrogen and oxygen atoms in total. The summed E-state index contributed by atoms with van der Waals surface area (Å²) in [4.78, 5) is 0. The third-order valence-electron chi connectivity index (χ3n) is 3.82. The van der Waals surface area contributed by atoms with Gasteiger partial charge in [-0.1, -0.05) is 12.1 Å². The molecule has 0 bridgehead atoms. The van der Waals surface area contributed by atoms with Crippen LogP contribution in [0.1, 0.15) is 25.5 Å². The summed E-state index contributed by atoms with van der Waals surface area (Å²) in [6.07, 6.45) is 0. The fraction of sp³-hybridized carbons (Fsp3) is 0.571. The van der Waals surface area contributed by atoms with Gasteiger partial charge < -0.3 is 5.32 Å². The number of nitrogens with zero attached hydrogens (tertiary/aromatic N) is 2. The molecule has 0 spiro atoms. The van der Waals surface area contributed by atoms with Crippen LogP contribution in [0.25, 0.3) is 0 Å². The van der Waals surface area contributed by atoms with Crippen LogP contribution in [0.2, 0.25) is 0 Å². The van der Waals surface area contributed by atoms with Gasteiger partial charge in [0.15, 0.2) is 0 Å². The average molecular weight is 352 g/mol. The normalized spacial score (nSPS) is 20.2. The lowest BCUT2D eigenvalue weighted by Gasteiger charge is -2.38. The molecule has 1 aliphatic rings. The van der Waals surface area contributed by atoms with Crippen molar-refractivity contribution in [2.24, 2.45) is 0 Å². The van der Waals surface area contributed by atoms with Gasteiger partial charge in [0.25, 0.3) is 10.2 Å². The number of hydrogen-bond acceptors (Lipinski definition) is 3. The summed E-state index contributed by atoms with van der Waals surface area (Å²) >= 11 is 0. The highest BCUT2D eigenvalue weighted by Gasteiger charge is 2.36. The first kappa shape index (κ1) is 19.3. The van der Waals surface area contributed by atoms with Crippen LogP contribution < -0.4 is 5.32 Å². The molecular weight excluding hydrogens is 329 g/mol. The van der Waals surface area contributed by atoms with E-state index in [0.717, 1.165) is 0 Å². The smallest absolute Gasteiger partial charge is 0.282 e. The van der Waals surface area contributed by atoms with E-state index in [2.05, 4.69) is 5.32 Å². The Morgan fingerprint density at radius 3 is 2.68 bits per heavy atom. The third-order valence-corrected chi connectivity index (χ3v) is 5.99. The van der Waals surface area contributed by atoms with Crippen LogP contribution >= 0.6 is 12.4 Å². The summed E-state index contributed by atoms with van der Waals surface area (Å²) in [5, 5.41) is 3.18. The van der Waals surface area contributed by atoms with E-state index in [1.165, 1.54) is 20.7 Å². The van der Waals surface area contributed by atoms with Crippen LogP contribution in [0.3, 0.4) is 0 Å². The Hall–Kier alpha value is -0.730. The van der Waals surface area contributed by atoms with Gasteiger partial charge in [-0.15, -0.1) is 12.4 Å². The molecule has 0 saturated carbocycles. The van der Waals surface area contributed by atoms with E-state index in [1.54, 1.807) is 19.2 Å². The summed E-state index contributed by atoms with van der Waals surface area (Å²) in [6, 6.07) is 5.61. The van der Waals surface area contributed by atoms with E-state index in [9.17, 15) is 12.8 Å². The molecule has 0 amide bonds. The molecule has 126 valence electrons. The number of nitrogens with one attached hydrogen (secondary N) is 1. The van der Waals surface area contributed by atoms with E-state index in [0.29, 0.717) is 25.2 Å². The SMILES string of the molecule is CC(C)N(C)S(=O)(=O)N1CCNCC1c1cccc(F)c1.Cl. The summed E-state index contributed by atoms with van der Waals surface area (Å²) in [5.41, 5.74) is 0.669. The number of piperazine rings is 1. The maximum Gasteiger partial charge on any atom is 0.282 e. The summed E-state index contributed by atoms with van der Waals surface area (Å²) < 4.78 is 41.7. The van der Waals surface area contributed by atoms with E-state index in [4.69, 9.17) is 0 Å². The van der Waals surface area contributed by atoms with Crippen molar-refractivity contribution in [1.29, 1.82) is 0 Å². The van der Waals surface area contributed by atoms with Gasteiger partial charge in [0.1, 0.15) is 5.82 Å². The van der Waals surface area contributed by atoms with Gasteiger partial charge in [-0.25, -0.2) is 4.39 Å². The molecule has 1 aromatic carbocycles. The molecule has 0 aliphatic carbocycles. The molecule has 0 aromatic heterocycles. The van der Waals surface area contributed by atoms with Crippen LogP contribution in [0.4, 0.5) is 4.39 Å². The zero-order valence-electron chi connectivity index (χ0n) is 13.0. The lowest BCUT2D eigenvalue weighted by Crippen LogP contribution is -2.53. The molecular formula is C14H23ClFN3O2S. The molecule has 1 unspecified atom stereocenters. The predicted molar refractivity (Wildman–Crippen MR) is 87.8 cm³/mol. The molecule has 2 rings (SSSR count). The predicted octanol–water partition coefficient (Wildman–Crippen LogP) is 1.78. The van der Waals surface area contributed by atoms with Crippen molar-refractivity contribution in [2.45, 2.75) is 25.9 Å². The molecule has 0 radical (unpaired) electrons. The molecule has 8 heteroatoms. The second kappa shape index (κ2) is 7.70. The number of rotatable bonds is 4. The highest BCUT2D eigenvalue weighted by molar-refractivity contribution is 7.86. The maximum atomic E-state index is 13.4. The second-order valence-corrected chi connectivity index (χ2v) is 7.44. The number of halogens is 2. The van der Waals surface area contributed by atoms with Gasteiger partial charge in [0.05, 0.1) is 6.04 Å². The molecule has 1 N–H and O–H groups in total. The minimum absolute atomic E-state index is 0. The largest absolute Gasteiger partial charge is 0.313 e. The third kappa shape index (κ3) is 3.97. The maximum absolute atomic E-state index is 13.4. The minimum Gasteiger partial charge on any atom is -0.313 e. The van der Waals surface area contributed by atoms with Crippen molar-refractivity contribution in [3.05, 3.63) is 35.6 Å². The van der Waals surface area contributed by atoms with E-state index in [1.807, 2.05) is 13.8 Å².